The van der Waals surface area contributed by atoms with E-state index in [1.165, 1.54) is 6.07 Å². The van der Waals surface area contributed by atoms with Gasteiger partial charge >= 0.3 is 0 Å². The van der Waals surface area contributed by atoms with Gasteiger partial charge in [0.05, 0.1) is 6.26 Å². The highest BCUT2D eigenvalue weighted by molar-refractivity contribution is 6.03. The number of hydrogen-bond donors (Lipinski definition) is 3. The first-order valence-electron chi connectivity index (χ1n) is 14.4. The summed E-state index contributed by atoms with van der Waals surface area (Å²) in [5, 5.41) is 15.8. The van der Waals surface area contributed by atoms with Crippen molar-refractivity contribution in [1.29, 1.82) is 0 Å². The summed E-state index contributed by atoms with van der Waals surface area (Å²) in [5.41, 5.74) is 2.61. The zero-order valence-corrected chi connectivity index (χ0v) is 22.7. The van der Waals surface area contributed by atoms with Gasteiger partial charge in [0.1, 0.15) is 11.5 Å². The number of allylic oxidation sites excluding steroid dienone is 3. The van der Waals surface area contributed by atoms with E-state index in [1.54, 1.807) is 12.1 Å². The Morgan fingerprint density at radius 3 is 2.85 bits per heavy atom. The second-order valence-electron chi connectivity index (χ2n) is 12.0. The van der Waals surface area contributed by atoms with Gasteiger partial charge in [0, 0.05) is 24.0 Å². The summed E-state index contributed by atoms with van der Waals surface area (Å²) in [5.74, 6) is -0.806. The van der Waals surface area contributed by atoms with Gasteiger partial charge in [0.25, 0.3) is 5.91 Å². The van der Waals surface area contributed by atoms with Crippen molar-refractivity contribution in [3.8, 4) is 0 Å². The highest BCUT2D eigenvalue weighted by Gasteiger charge is 2.60. The fraction of sp³-hybridized carbons (Fsp3) is 0.531. The van der Waals surface area contributed by atoms with Gasteiger partial charge < -0.3 is 15.7 Å². The Labute approximate surface area is 229 Å². The molecule has 1 aromatic carbocycles. The fourth-order valence-electron chi connectivity index (χ4n) is 7.90. The average Bonchev–Trinajstić information content (AvgIpc) is 3.14. The van der Waals surface area contributed by atoms with Crippen LogP contribution in [0.1, 0.15) is 81.8 Å². The number of hydrogen-bond acceptors (Lipinski definition) is 4. The monoisotopic (exact) mass is 534 g/mol. The second kappa shape index (κ2) is 11.1. The zero-order valence-electron chi connectivity index (χ0n) is 22.7. The molecule has 5 atom stereocenters. The summed E-state index contributed by atoms with van der Waals surface area (Å²) >= 11 is 0. The third kappa shape index (κ3) is 5.08. The quantitative estimate of drug-likeness (QED) is 0.348. The molecule has 3 aliphatic carbocycles. The molecular weight excluding hydrogens is 495 g/mol. The summed E-state index contributed by atoms with van der Waals surface area (Å²) in [6.45, 7) is 6.59. The SMILES string of the molecule is C=C1/C=C(/NC(=O)CC[C@@H]2/C(=C/O)C(=O)[C@@]3(C)CCC4c5cccc(F)c5CCC4C23)C(=O)NCCCCC1. The highest BCUT2D eigenvalue weighted by Crippen LogP contribution is 2.63. The van der Waals surface area contributed by atoms with E-state index in [1.807, 2.05) is 13.0 Å². The lowest BCUT2D eigenvalue weighted by Crippen LogP contribution is -2.44. The number of aliphatic hydroxyl groups excluding tert-OH is 1. The molecule has 0 aromatic heterocycles. The van der Waals surface area contributed by atoms with Crippen LogP contribution in [0, 0.1) is 29.0 Å². The van der Waals surface area contributed by atoms with Crippen LogP contribution in [0.2, 0.25) is 0 Å². The van der Waals surface area contributed by atoms with Crippen LogP contribution in [0.3, 0.4) is 0 Å². The van der Waals surface area contributed by atoms with Crippen LogP contribution in [0.4, 0.5) is 4.39 Å². The minimum Gasteiger partial charge on any atom is -0.515 e. The molecule has 39 heavy (non-hydrogen) atoms. The maximum atomic E-state index is 14.6. The average molecular weight is 535 g/mol. The van der Waals surface area contributed by atoms with Crippen molar-refractivity contribution in [3.63, 3.8) is 0 Å². The number of halogens is 1. The summed E-state index contributed by atoms with van der Waals surface area (Å²) in [7, 11) is 0. The lowest BCUT2D eigenvalue weighted by molar-refractivity contribution is -0.127. The van der Waals surface area contributed by atoms with Gasteiger partial charge in [0.2, 0.25) is 5.91 Å². The van der Waals surface area contributed by atoms with E-state index in [0.717, 1.165) is 61.5 Å². The molecule has 7 heteroatoms. The largest absolute Gasteiger partial charge is 0.515 e. The number of rotatable bonds is 4. The van der Waals surface area contributed by atoms with Crippen LogP contribution >= 0.6 is 0 Å². The maximum absolute atomic E-state index is 14.6. The summed E-state index contributed by atoms with van der Waals surface area (Å²) in [4.78, 5) is 39.4. The van der Waals surface area contributed by atoms with Crippen molar-refractivity contribution in [2.24, 2.45) is 23.2 Å². The molecule has 3 unspecified atom stereocenters. The first-order chi connectivity index (χ1) is 18.7. The number of nitrogens with one attached hydrogen (secondary N) is 2. The van der Waals surface area contributed by atoms with Crippen LogP contribution < -0.4 is 10.6 Å². The Bertz CT molecular complexity index is 1250. The molecular formula is C32H39FN2O4. The number of Topliss-reactive ketones (excluding diaryl/α,β-unsaturated/α-hetero) is 1. The maximum Gasteiger partial charge on any atom is 0.267 e. The van der Waals surface area contributed by atoms with E-state index in [0.29, 0.717) is 31.4 Å². The topological polar surface area (TPSA) is 95.5 Å². The lowest BCUT2D eigenvalue weighted by atomic mass is 9.54. The lowest BCUT2D eigenvalue weighted by Gasteiger charge is -2.49. The van der Waals surface area contributed by atoms with E-state index in [2.05, 4.69) is 17.2 Å². The standard InChI is InChI=1S/C32H39FN2O4/c1-19-7-4-3-5-16-34-31(39)27(17-19)35-28(37)13-12-24-25(18-36)30(38)32(2)15-14-21-20-8-6-9-26(33)22(20)10-11-23(21)29(24)32/h6,8-9,17-18,21,23-24,29,36H,1,3-5,7,10-16H2,2H3,(H,34,39)(H,35,37)/b25-18-,27-17+/t21?,23?,24-,29?,32+/m1/s1. The van der Waals surface area contributed by atoms with Gasteiger partial charge in [-0.3, -0.25) is 14.4 Å². The normalized spacial score (nSPS) is 33.3. The Kier molecular flexibility index (Phi) is 7.79. The molecule has 3 N–H and O–H groups in total. The van der Waals surface area contributed by atoms with E-state index in [9.17, 15) is 23.9 Å². The molecule has 1 aromatic rings. The summed E-state index contributed by atoms with van der Waals surface area (Å²) in [6.07, 6.45) is 9.63. The molecule has 6 nitrogen and oxygen atoms in total. The van der Waals surface area contributed by atoms with Gasteiger partial charge in [-0.05, 0) is 98.3 Å². The van der Waals surface area contributed by atoms with Crippen LogP contribution in [0.25, 0.3) is 0 Å². The van der Waals surface area contributed by atoms with Gasteiger partial charge in [-0.1, -0.05) is 37.6 Å². The Hall–Kier alpha value is -3.22. The number of aliphatic hydroxyl groups is 1. The number of amides is 2. The third-order valence-electron chi connectivity index (χ3n) is 9.73. The Morgan fingerprint density at radius 2 is 2.05 bits per heavy atom. The van der Waals surface area contributed by atoms with Crippen LogP contribution in [-0.4, -0.2) is 29.2 Å². The fourth-order valence-corrected chi connectivity index (χ4v) is 7.90. The molecule has 0 saturated heterocycles. The third-order valence-corrected chi connectivity index (χ3v) is 9.73. The molecule has 5 rings (SSSR count). The number of benzene rings is 1. The summed E-state index contributed by atoms with van der Waals surface area (Å²) < 4.78 is 14.6. The number of fused-ring (bicyclic) bond motifs is 5. The molecule has 0 spiro atoms. The molecule has 1 heterocycles. The number of carbonyl (C=O) groups excluding carboxylic acids is 3. The van der Waals surface area contributed by atoms with Crippen molar-refractivity contribution >= 4 is 17.6 Å². The molecule has 0 radical (unpaired) electrons. The molecule has 208 valence electrons. The first kappa shape index (κ1) is 27.4. The number of carbonyl (C=O) groups is 3. The molecule has 2 amide bonds. The highest BCUT2D eigenvalue weighted by atomic mass is 19.1. The van der Waals surface area contributed by atoms with Crippen LogP contribution in [-0.2, 0) is 20.8 Å². The zero-order chi connectivity index (χ0) is 27.7. The van der Waals surface area contributed by atoms with E-state index in [-0.39, 0.29) is 59.2 Å². The molecule has 2 fully saturated rings. The van der Waals surface area contributed by atoms with Crippen LogP contribution in [0.15, 0.2) is 54.0 Å². The van der Waals surface area contributed by atoms with Gasteiger partial charge in [-0.25, -0.2) is 4.39 Å². The van der Waals surface area contributed by atoms with Crippen molar-refractivity contribution in [3.05, 3.63) is 70.9 Å². The Balaban J connectivity index is 1.35. The molecule has 4 aliphatic rings. The molecule has 2 saturated carbocycles. The van der Waals surface area contributed by atoms with Crippen molar-refractivity contribution in [1.82, 2.24) is 10.6 Å². The number of ketones is 1. The van der Waals surface area contributed by atoms with Gasteiger partial charge in [-0.2, -0.15) is 0 Å². The predicted molar refractivity (Wildman–Crippen MR) is 147 cm³/mol. The second-order valence-corrected chi connectivity index (χ2v) is 12.0. The van der Waals surface area contributed by atoms with Crippen molar-refractivity contribution < 1.29 is 23.9 Å². The molecule has 0 bridgehead atoms. The summed E-state index contributed by atoms with van der Waals surface area (Å²) in [6, 6.07) is 5.30. The van der Waals surface area contributed by atoms with E-state index < -0.39 is 5.41 Å². The Morgan fingerprint density at radius 1 is 1.23 bits per heavy atom. The van der Waals surface area contributed by atoms with Gasteiger partial charge in [0.15, 0.2) is 5.78 Å². The predicted octanol–water partition coefficient (Wildman–Crippen LogP) is 5.56. The minimum atomic E-state index is -0.613. The smallest absolute Gasteiger partial charge is 0.267 e. The molecule has 1 aliphatic heterocycles. The van der Waals surface area contributed by atoms with Crippen LogP contribution in [0.5, 0.6) is 0 Å². The van der Waals surface area contributed by atoms with Crippen molar-refractivity contribution in [2.45, 2.75) is 77.0 Å². The van der Waals surface area contributed by atoms with E-state index in [4.69, 9.17) is 0 Å². The van der Waals surface area contributed by atoms with E-state index >= 15 is 0 Å². The van der Waals surface area contributed by atoms with Gasteiger partial charge in [-0.15, -0.1) is 0 Å². The first-order valence-corrected chi connectivity index (χ1v) is 14.4. The van der Waals surface area contributed by atoms with Crippen molar-refractivity contribution in [2.75, 3.05) is 6.54 Å². The minimum absolute atomic E-state index is 0.0328.